The first-order valence-electron chi connectivity index (χ1n) is 5.64. The van der Waals surface area contributed by atoms with Crippen LogP contribution in [-0.2, 0) is 6.61 Å². The average Bonchev–Trinajstić information content (AvgIpc) is 2.81. The number of hydrogen-bond donors (Lipinski definition) is 1. The summed E-state index contributed by atoms with van der Waals surface area (Å²) in [7, 11) is 0. The SMILES string of the molecule is CCN(c1ccc(C)cc1)c1ncc(CO)s1. The van der Waals surface area contributed by atoms with Crippen LogP contribution < -0.4 is 4.90 Å². The van der Waals surface area contributed by atoms with E-state index in [4.69, 9.17) is 5.11 Å². The van der Waals surface area contributed by atoms with Gasteiger partial charge in [0.1, 0.15) is 0 Å². The van der Waals surface area contributed by atoms with Gasteiger partial charge in [-0.3, -0.25) is 0 Å². The van der Waals surface area contributed by atoms with E-state index in [0.717, 1.165) is 22.2 Å². The van der Waals surface area contributed by atoms with Crippen molar-refractivity contribution < 1.29 is 5.11 Å². The zero-order valence-electron chi connectivity index (χ0n) is 10.1. The van der Waals surface area contributed by atoms with Gasteiger partial charge in [0.15, 0.2) is 5.13 Å². The third kappa shape index (κ3) is 2.65. The van der Waals surface area contributed by atoms with Crippen LogP contribution in [0.3, 0.4) is 0 Å². The molecule has 0 fully saturated rings. The third-order valence-corrected chi connectivity index (χ3v) is 3.60. The van der Waals surface area contributed by atoms with Gasteiger partial charge < -0.3 is 10.0 Å². The largest absolute Gasteiger partial charge is 0.391 e. The van der Waals surface area contributed by atoms with Gasteiger partial charge in [-0.2, -0.15) is 0 Å². The molecule has 2 rings (SSSR count). The van der Waals surface area contributed by atoms with Gasteiger partial charge >= 0.3 is 0 Å². The van der Waals surface area contributed by atoms with Crippen LogP contribution in [-0.4, -0.2) is 16.6 Å². The summed E-state index contributed by atoms with van der Waals surface area (Å²) in [6.45, 7) is 5.10. The molecule has 1 N–H and O–H groups in total. The molecule has 0 amide bonds. The highest BCUT2D eigenvalue weighted by molar-refractivity contribution is 7.15. The molecule has 0 atom stereocenters. The molecule has 0 aliphatic rings. The van der Waals surface area contributed by atoms with Crippen LogP contribution in [0.5, 0.6) is 0 Å². The molecule has 0 aliphatic carbocycles. The van der Waals surface area contributed by atoms with Crippen molar-refractivity contribution in [2.24, 2.45) is 0 Å². The Morgan fingerprint density at radius 1 is 1.29 bits per heavy atom. The summed E-state index contributed by atoms with van der Waals surface area (Å²) in [5.74, 6) is 0. The lowest BCUT2D eigenvalue weighted by Gasteiger charge is -2.19. The van der Waals surface area contributed by atoms with Gasteiger partial charge in [-0.15, -0.1) is 0 Å². The number of aliphatic hydroxyl groups excluding tert-OH is 1. The molecule has 0 saturated carbocycles. The lowest BCUT2D eigenvalue weighted by Crippen LogP contribution is -2.15. The Morgan fingerprint density at radius 3 is 2.53 bits per heavy atom. The summed E-state index contributed by atoms with van der Waals surface area (Å²) < 4.78 is 0. The number of benzene rings is 1. The van der Waals surface area contributed by atoms with E-state index < -0.39 is 0 Å². The monoisotopic (exact) mass is 248 g/mol. The molecule has 4 heteroatoms. The molecule has 0 radical (unpaired) electrons. The highest BCUT2D eigenvalue weighted by atomic mass is 32.1. The maximum Gasteiger partial charge on any atom is 0.190 e. The van der Waals surface area contributed by atoms with Crippen molar-refractivity contribution in [3.8, 4) is 0 Å². The standard InChI is InChI=1S/C13H16N2OS/c1-3-15(11-6-4-10(2)5-7-11)13-14-8-12(9-16)17-13/h4-8,16H,3,9H2,1-2H3. The number of nitrogens with zero attached hydrogens (tertiary/aromatic N) is 2. The first-order chi connectivity index (χ1) is 8.24. The molecule has 1 heterocycles. The Hall–Kier alpha value is -1.39. The molecule has 0 aliphatic heterocycles. The number of aromatic nitrogens is 1. The lowest BCUT2D eigenvalue weighted by atomic mass is 10.2. The summed E-state index contributed by atoms with van der Waals surface area (Å²) in [6, 6.07) is 8.38. The smallest absolute Gasteiger partial charge is 0.190 e. The molecule has 1 aromatic heterocycles. The first kappa shape index (κ1) is 12.1. The summed E-state index contributed by atoms with van der Waals surface area (Å²) in [5, 5.41) is 10.00. The van der Waals surface area contributed by atoms with Crippen LogP contribution in [0.1, 0.15) is 17.4 Å². The van der Waals surface area contributed by atoms with Crippen LogP contribution in [0.2, 0.25) is 0 Å². The number of anilines is 2. The van der Waals surface area contributed by atoms with E-state index >= 15 is 0 Å². The Kier molecular flexibility index (Phi) is 3.76. The van der Waals surface area contributed by atoms with Crippen LogP contribution in [0.25, 0.3) is 0 Å². The van der Waals surface area contributed by atoms with E-state index in [1.807, 2.05) is 0 Å². The Morgan fingerprint density at radius 2 is 2.00 bits per heavy atom. The van der Waals surface area contributed by atoms with Gasteiger partial charge in [0, 0.05) is 18.4 Å². The Bertz CT molecular complexity index is 478. The Labute approximate surface area is 105 Å². The van der Waals surface area contributed by atoms with E-state index in [-0.39, 0.29) is 6.61 Å². The van der Waals surface area contributed by atoms with Gasteiger partial charge in [0.25, 0.3) is 0 Å². The van der Waals surface area contributed by atoms with Gasteiger partial charge in [-0.25, -0.2) is 4.98 Å². The fourth-order valence-corrected chi connectivity index (χ4v) is 2.50. The minimum Gasteiger partial charge on any atom is -0.391 e. The minimum absolute atomic E-state index is 0.0586. The molecule has 0 unspecified atom stereocenters. The van der Waals surface area contributed by atoms with E-state index in [1.165, 1.54) is 16.9 Å². The molecular formula is C13H16N2OS. The van der Waals surface area contributed by atoms with Crippen LogP contribution in [0, 0.1) is 6.92 Å². The fourth-order valence-electron chi connectivity index (χ4n) is 1.65. The van der Waals surface area contributed by atoms with E-state index in [9.17, 15) is 0 Å². The highest BCUT2D eigenvalue weighted by Crippen LogP contribution is 2.29. The molecular weight excluding hydrogens is 232 g/mol. The second-order valence-electron chi connectivity index (χ2n) is 3.85. The fraction of sp³-hybridized carbons (Fsp3) is 0.308. The molecule has 17 heavy (non-hydrogen) atoms. The molecule has 0 saturated heterocycles. The predicted molar refractivity (Wildman–Crippen MR) is 71.9 cm³/mol. The zero-order valence-corrected chi connectivity index (χ0v) is 10.9. The van der Waals surface area contributed by atoms with Crippen LogP contribution in [0.4, 0.5) is 10.8 Å². The number of rotatable bonds is 4. The highest BCUT2D eigenvalue weighted by Gasteiger charge is 2.11. The van der Waals surface area contributed by atoms with Crippen molar-refractivity contribution in [1.82, 2.24) is 4.98 Å². The summed E-state index contributed by atoms with van der Waals surface area (Å²) in [6.07, 6.45) is 1.73. The normalized spacial score (nSPS) is 10.5. The summed E-state index contributed by atoms with van der Waals surface area (Å²) in [4.78, 5) is 7.38. The van der Waals surface area contributed by atoms with Crippen LogP contribution >= 0.6 is 11.3 Å². The molecule has 3 nitrogen and oxygen atoms in total. The van der Waals surface area contributed by atoms with E-state index in [1.54, 1.807) is 6.20 Å². The molecule has 1 aromatic carbocycles. The van der Waals surface area contributed by atoms with Crippen molar-refractivity contribution in [3.05, 3.63) is 40.9 Å². The second kappa shape index (κ2) is 5.29. The number of aryl methyl sites for hydroxylation is 1. The number of hydrogen-bond acceptors (Lipinski definition) is 4. The second-order valence-corrected chi connectivity index (χ2v) is 4.94. The number of thiazole rings is 1. The first-order valence-corrected chi connectivity index (χ1v) is 6.46. The average molecular weight is 248 g/mol. The molecule has 0 bridgehead atoms. The lowest BCUT2D eigenvalue weighted by molar-refractivity contribution is 0.285. The molecule has 2 aromatic rings. The van der Waals surface area contributed by atoms with Crippen molar-refractivity contribution >= 4 is 22.2 Å². The Balaban J connectivity index is 2.29. The molecule has 90 valence electrons. The van der Waals surface area contributed by atoms with Gasteiger partial charge in [0.05, 0.1) is 11.5 Å². The molecule has 0 spiro atoms. The van der Waals surface area contributed by atoms with Crippen molar-refractivity contribution in [2.45, 2.75) is 20.5 Å². The predicted octanol–water partition coefficient (Wildman–Crippen LogP) is 3.10. The third-order valence-electron chi connectivity index (χ3n) is 2.59. The van der Waals surface area contributed by atoms with Crippen molar-refractivity contribution in [2.75, 3.05) is 11.4 Å². The quantitative estimate of drug-likeness (QED) is 0.903. The summed E-state index contributed by atoms with van der Waals surface area (Å²) >= 11 is 1.53. The van der Waals surface area contributed by atoms with Crippen LogP contribution in [0.15, 0.2) is 30.5 Å². The summed E-state index contributed by atoms with van der Waals surface area (Å²) in [5.41, 5.74) is 2.39. The van der Waals surface area contributed by atoms with E-state index in [2.05, 4.69) is 48.0 Å². The van der Waals surface area contributed by atoms with Crippen molar-refractivity contribution in [1.29, 1.82) is 0 Å². The van der Waals surface area contributed by atoms with Gasteiger partial charge in [0.2, 0.25) is 0 Å². The maximum absolute atomic E-state index is 9.06. The van der Waals surface area contributed by atoms with Gasteiger partial charge in [-0.1, -0.05) is 29.0 Å². The minimum atomic E-state index is 0.0586. The maximum atomic E-state index is 9.06. The zero-order chi connectivity index (χ0) is 12.3. The van der Waals surface area contributed by atoms with E-state index in [0.29, 0.717) is 0 Å². The van der Waals surface area contributed by atoms with Crippen molar-refractivity contribution in [3.63, 3.8) is 0 Å². The topological polar surface area (TPSA) is 36.4 Å². The number of aliphatic hydroxyl groups is 1. The van der Waals surface area contributed by atoms with Gasteiger partial charge in [-0.05, 0) is 26.0 Å².